The standard InChI is InChI=1S/C14H22N2O2/c1-11-4-5-13(18-11)12(17)10-14(2,3)16-8-6-15-7-9-16/h4-5,15H,6-10H2,1-3H3. The van der Waals surface area contributed by atoms with E-state index in [1.165, 1.54) is 0 Å². The van der Waals surface area contributed by atoms with Gasteiger partial charge in [-0.3, -0.25) is 9.69 Å². The third-order valence-electron chi connectivity index (χ3n) is 3.58. The summed E-state index contributed by atoms with van der Waals surface area (Å²) in [6.45, 7) is 10.1. The minimum Gasteiger partial charge on any atom is -0.458 e. The first-order valence-electron chi connectivity index (χ1n) is 6.54. The quantitative estimate of drug-likeness (QED) is 0.828. The van der Waals surface area contributed by atoms with Crippen LogP contribution in [0.5, 0.6) is 0 Å². The first-order chi connectivity index (χ1) is 8.49. The molecule has 0 unspecified atom stereocenters. The van der Waals surface area contributed by atoms with Gasteiger partial charge in [0.2, 0.25) is 0 Å². The molecule has 1 N–H and O–H groups in total. The minimum atomic E-state index is -0.111. The topological polar surface area (TPSA) is 45.5 Å². The van der Waals surface area contributed by atoms with Crippen LogP contribution in [0.1, 0.15) is 36.6 Å². The number of Topliss-reactive ketones (excluding diaryl/α,β-unsaturated/α-hetero) is 1. The van der Waals surface area contributed by atoms with Crippen molar-refractivity contribution in [2.24, 2.45) is 0 Å². The Balaban J connectivity index is 2.00. The van der Waals surface area contributed by atoms with Crippen LogP contribution >= 0.6 is 0 Å². The number of aryl methyl sites for hydroxylation is 1. The van der Waals surface area contributed by atoms with Crippen molar-refractivity contribution in [2.75, 3.05) is 26.2 Å². The van der Waals surface area contributed by atoms with Crippen molar-refractivity contribution in [3.63, 3.8) is 0 Å². The molecule has 1 saturated heterocycles. The fourth-order valence-electron chi connectivity index (χ4n) is 2.45. The van der Waals surface area contributed by atoms with E-state index in [-0.39, 0.29) is 11.3 Å². The molecule has 0 bridgehead atoms. The van der Waals surface area contributed by atoms with Crippen LogP contribution in [-0.4, -0.2) is 42.4 Å². The molecule has 1 aliphatic heterocycles. The summed E-state index contributed by atoms with van der Waals surface area (Å²) in [6.07, 6.45) is 0.500. The number of nitrogens with zero attached hydrogens (tertiary/aromatic N) is 1. The predicted molar refractivity (Wildman–Crippen MR) is 70.9 cm³/mol. The molecular weight excluding hydrogens is 228 g/mol. The average molecular weight is 250 g/mol. The molecule has 2 rings (SSSR count). The molecule has 0 aliphatic carbocycles. The third-order valence-corrected chi connectivity index (χ3v) is 3.58. The highest BCUT2D eigenvalue weighted by molar-refractivity contribution is 5.94. The lowest BCUT2D eigenvalue weighted by molar-refractivity contribution is 0.0708. The van der Waals surface area contributed by atoms with Crippen molar-refractivity contribution in [3.8, 4) is 0 Å². The summed E-state index contributed by atoms with van der Waals surface area (Å²) in [5.74, 6) is 1.36. The van der Waals surface area contributed by atoms with Gasteiger partial charge in [-0.15, -0.1) is 0 Å². The first kappa shape index (κ1) is 13.3. The molecule has 1 aromatic heterocycles. The second kappa shape index (κ2) is 5.24. The number of hydrogen-bond donors (Lipinski definition) is 1. The molecule has 0 aromatic carbocycles. The zero-order valence-corrected chi connectivity index (χ0v) is 11.5. The second-order valence-electron chi connectivity index (χ2n) is 5.56. The van der Waals surface area contributed by atoms with E-state index < -0.39 is 0 Å². The van der Waals surface area contributed by atoms with Crippen molar-refractivity contribution in [2.45, 2.75) is 32.7 Å². The summed E-state index contributed by atoms with van der Waals surface area (Å²) >= 11 is 0. The smallest absolute Gasteiger partial charge is 0.199 e. The lowest BCUT2D eigenvalue weighted by Gasteiger charge is -2.40. The van der Waals surface area contributed by atoms with Crippen molar-refractivity contribution >= 4 is 5.78 Å². The summed E-state index contributed by atoms with van der Waals surface area (Å²) in [4.78, 5) is 14.6. The maximum absolute atomic E-state index is 12.2. The van der Waals surface area contributed by atoms with Gasteiger partial charge in [0.15, 0.2) is 11.5 Å². The molecule has 0 atom stereocenters. The largest absolute Gasteiger partial charge is 0.458 e. The Bertz CT molecular complexity index is 417. The summed E-state index contributed by atoms with van der Waals surface area (Å²) in [6, 6.07) is 3.61. The molecule has 0 radical (unpaired) electrons. The van der Waals surface area contributed by atoms with Gasteiger partial charge in [-0.05, 0) is 32.9 Å². The van der Waals surface area contributed by atoms with Gasteiger partial charge in [0.05, 0.1) is 0 Å². The minimum absolute atomic E-state index is 0.0895. The van der Waals surface area contributed by atoms with Crippen LogP contribution in [0.25, 0.3) is 0 Å². The van der Waals surface area contributed by atoms with Crippen LogP contribution in [0.3, 0.4) is 0 Å². The number of furan rings is 1. The lowest BCUT2D eigenvalue weighted by atomic mass is 9.93. The highest BCUT2D eigenvalue weighted by Gasteiger charge is 2.31. The van der Waals surface area contributed by atoms with Crippen molar-refractivity contribution < 1.29 is 9.21 Å². The maximum atomic E-state index is 12.2. The SMILES string of the molecule is Cc1ccc(C(=O)CC(C)(C)N2CCNCC2)o1. The Morgan fingerprint density at radius 1 is 1.39 bits per heavy atom. The van der Waals surface area contributed by atoms with Gasteiger partial charge in [-0.25, -0.2) is 0 Å². The third kappa shape index (κ3) is 3.00. The van der Waals surface area contributed by atoms with E-state index in [1.807, 2.05) is 13.0 Å². The van der Waals surface area contributed by atoms with Gasteiger partial charge in [0.1, 0.15) is 5.76 Å². The Hall–Kier alpha value is -1.13. The van der Waals surface area contributed by atoms with E-state index >= 15 is 0 Å². The molecule has 4 heteroatoms. The van der Waals surface area contributed by atoms with Crippen molar-refractivity contribution in [3.05, 3.63) is 23.7 Å². The lowest BCUT2D eigenvalue weighted by Crippen LogP contribution is -2.54. The molecule has 100 valence electrons. The Morgan fingerprint density at radius 3 is 2.61 bits per heavy atom. The van der Waals surface area contributed by atoms with E-state index in [9.17, 15) is 4.79 Å². The molecule has 0 amide bonds. The zero-order chi connectivity index (χ0) is 13.2. The number of ketones is 1. The van der Waals surface area contributed by atoms with E-state index in [4.69, 9.17) is 4.42 Å². The van der Waals surface area contributed by atoms with E-state index in [2.05, 4.69) is 24.1 Å². The molecular formula is C14H22N2O2. The summed E-state index contributed by atoms with van der Waals surface area (Å²) in [5.41, 5.74) is -0.111. The molecule has 1 aromatic rings. The molecule has 2 heterocycles. The highest BCUT2D eigenvalue weighted by atomic mass is 16.3. The van der Waals surface area contributed by atoms with Crippen LogP contribution in [0.4, 0.5) is 0 Å². The van der Waals surface area contributed by atoms with Crippen molar-refractivity contribution in [1.82, 2.24) is 10.2 Å². The maximum Gasteiger partial charge on any atom is 0.199 e. The number of carbonyl (C=O) groups is 1. The molecule has 18 heavy (non-hydrogen) atoms. The first-order valence-corrected chi connectivity index (χ1v) is 6.54. The predicted octanol–water partition coefficient (Wildman–Crippen LogP) is 1.84. The van der Waals surface area contributed by atoms with E-state index in [1.54, 1.807) is 6.07 Å². The number of rotatable bonds is 4. The van der Waals surface area contributed by atoms with Crippen molar-refractivity contribution in [1.29, 1.82) is 0 Å². The summed E-state index contributed by atoms with van der Waals surface area (Å²) < 4.78 is 5.40. The fraction of sp³-hybridized carbons (Fsp3) is 0.643. The Labute approximate surface area is 108 Å². The van der Waals surface area contributed by atoms with Crippen LogP contribution < -0.4 is 5.32 Å². The van der Waals surface area contributed by atoms with Crippen LogP contribution in [-0.2, 0) is 0 Å². The fourth-order valence-corrected chi connectivity index (χ4v) is 2.45. The number of nitrogens with one attached hydrogen (secondary N) is 1. The summed E-state index contributed by atoms with van der Waals surface area (Å²) in [5, 5.41) is 3.33. The molecule has 4 nitrogen and oxygen atoms in total. The molecule has 1 aliphatic rings. The Kier molecular flexibility index (Phi) is 3.88. The van der Waals surface area contributed by atoms with Gasteiger partial charge < -0.3 is 9.73 Å². The number of piperazine rings is 1. The van der Waals surface area contributed by atoms with Crippen LogP contribution in [0.15, 0.2) is 16.5 Å². The average Bonchev–Trinajstić information content (AvgIpc) is 2.77. The number of carbonyl (C=O) groups excluding carboxylic acids is 1. The molecule has 1 fully saturated rings. The molecule has 0 saturated carbocycles. The number of hydrogen-bond acceptors (Lipinski definition) is 4. The van der Waals surface area contributed by atoms with Crippen LogP contribution in [0, 0.1) is 6.92 Å². The van der Waals surface area contributed by atoms with Gasteiger partial charge in [0.25, 0.3) is 0 Å². The molecule has 0 spiro atoms. The van der Waals surface area contributed by atoms with Gasteiger partial charge in [0, 0.05) is 38.1 Å². The van der Waals surface area contributed by atoms with Gasteiger partial charge in [-0.2, -0.15) is 0 Å². The second-order valence-corrected chi connectivity index (χ2v) is 5.56. The normalized spacial score (nSPS) is 17.9. The summed E-state index contributed by atoms with van der Waals surface area (Å²) in [7, 11) is 0. The zero-order valence-electron chi connectivity index (χ0n) is 11.5. The highest BCUT2D eigenvalue weighted by Crippen LogP contribution is 2.22. The van der Waals surface area contributed by atoms with Gasteiger partial charge >= 0.3 is 0 Å². The van der Waals surface area contributed by atoms with Crippen LogP contribution in [0.2, 0.25) is 0 Å². The van der Waals surface area contributed by atoms with E-state index in [0.29, 0.717) is 12.2 Å². The monoisotopic (exact) mass is 250 g/mol. The van der Waals surface area contributed by atoms with Gasteiger partial charge in [-0.1, -0.05) is 0 Å². The van der Waals surface area contributed by atoms with E-state index in [0.717, 1.165) is 31.9 Å². The Morgan fingerprint density at radius 2 is 2.06 bits per heavy atom.